The maximum absolute atomic E-state index is 12.4. The minimum Gasteiger partial charge on any atom is -0.318 e. The quantitative estimate of drug-likeness (QED) is 0.219. The summed E-state index contributed by atoms with van der Waals surface area (Å²) >= 11 is 6.94. The summed E-state index contributed by atoms with van der Waals surface area (Å²) in [5, 5.41) is 2.13. The van der Waals surface area contributed by atoms with Crippen molar-refractivity contribution >= 4 is 36.6 Å². The first-order valence-electron chi connectivity index (χ1n) is 8.20. The molecule has 1 N–H and O–H groups in total. The molecule has 0 atom stereocenters. The number of carbonyl (C=O) groups excluding carboxylic acids is 1. The van der Waals surface area contributed by atoms with Gasteiger partial charge in [0.1, 0.15) is 0 Å². The smallest absolute Gasteiger partial charge is 0.318 e. The zero-order chi connectivity index (χ0) is 18.3. The number of hydrogen-bond acceptors (Lipinski definition) is 5. The molecule has 0 aliphatic carbocycles. The van der Waals surface area contributed by atoms with Gasteiger partial charge in [0, 0.05) is 12.0 Å². The maximum Gasteiger partial charge on any atom is 0.398 e. The van der Waals surface area contributed by atoms with E-state index in [9.17, 15) is 9.18 Å². The summed E-state index contributed by atoms with van der Waals surface area (Å²) < 4.78 is 26.4. The number of hydrogen-bond donors (Lipinski definition) is 1. The second kappa shape index (κ2) is 9.44. The fraction of sp³-hybridized carbons (Fsp3) is 0.562. The Bertz CT molecular complexity index is 603. The molecule has 1 aliphatic rings. The molecule has 0 spiro atoms. The third kappa shape index (κ3) is 5.74. The van der Waals surface area contributed by atoms with E-state index in [1.165, 1.54) is 11.9 Å². The maximum atomic E-state index is 12.4. The van der Waals surface area contributed by atoms with Crippen molar-refractivity contribution in [1.82, 2.24) is 9.39 Å². The Morgan fingerprint density at radius 1 is 1.32 bits per heavy atom. The van der Waals surface area contributed by atoms with Gasteiger partial charge in [-0.25, -0.2) is 4.79 Å². The van der Waals surface area contributed by atoms with Gasteiger partial charge in [0.05, 0.1) is 19.1 Å². The van der Waals surface area contributed by atoms with Crippen LogP contribution in [0.15, 0.2) is 30.3 Å². The SMILES string of the molecule is CCC1(CC)COP(=S)(N(Cc2ccccc2)SCNC(=O)F)OC1. The summed E-state index contributed by atoms with van der Waals surface area (Å²) in [4.78, 5) is 10.5. The molecule has 9 heteroatoms. The Morgan fingerprint density at radius 3 is 2.44 bits per heavy atom. The predicted molar refractivity (Wildman–Crippen MR) is 103 cm³/mol. The largest absolute Gasteiger partial charge is 0.398 e. The molecule has 1 aliphatic heterocycles. The summed E-state index contributed by atoms with van der Waals surface area (Å²) in [6.07, 6.45) is 0.357. The molecule has 1 aromatic rings. The average Bonchev–Trinajstić information content (AvgIpc) is 2.63. The highest BCUT2D eigenvalue weighted by molar-refractivity contribution is 8.15. The van der Waals surface area contributed by atoms with Crippen molar-refractivity contribution in [3.05, 3.63) is 35.9 Å². The first-order chi connectivity index (χ1) is 11.9. The van der Waals surface area contributed by atoms with Crippen LogP contribution in [0.1, 0.15) is 32.3 Å². The Balaban J connectivity index is 2.10. The normalized spacial score (nSPS) is 18.9. The molecule has 1 aromatic carbocycles. The lowest BCUT2D eigenvalue weighted by atomic mass is 9.84. The molecule has 1 heterocycles. The summed E-state index contributed by atoms with van der Waals surface area (Å²) in [5.74, 6) is 0.0694. The first-order valence-corrected chi connectivity index (χ1v) is 11.7. The zero-order valence-corrected chi connectivity index (χ0v) is 17.0. The van der Waals surface area contributed by atoms with E-state index in [0.29, 0.717) is 19.8 Å². The van der Waals surface area contributed by atoms with Gasteiger partial charge in [0.15, 0.2) is 0 Å². The zero-order valence-electron chi connectivity index (χ0n) is 14.4. The molecule has 140 valence electrons. The van der Waals surface area contributed by atoms with Crippen LogP contribution >= 0.6 is 18.6 Å². The number of nitrogens with one attached hydrogen (secondary N) is 1. The lowest BCUT2D eigenvalue weighted by Crippen LogP contribution is -2.37. The Hall–Kier alpha value is -0.500. The lowest BCUT2D eigenvalue weighted by molar-refractivity contribution is 0.0187. The van der Waals surface area contributed by atoms with Crippen molar-refractivity contribution < 1.29 is 18.2 Å². The van der Waals surface area contributed by atoms with Crippen molar-refractivity contribution in [3.63, 3.8) is 0 Å². The van der Waals surface area contributed by atoms with E-state index in [1.54, 1.807) is 0 Å². The fourth-order valence-corrected chi connectivity index (χ4v) is 6.45. The van der Waals surface area contributed by atoms with Crippen LogP contribution in [0.2, 0.25) is 0 Å². The molecular formula is C16H24FN2O3PS2. The lowest BCUT2D eigenvalue weighted by Gasteiger charge is -2.43. The molecule has 1 fully saturated rings. The van der Waals surface area contributed by atoms with E-state index < -0.39 is 12.8 Å². The molecule has 0 radical (unpaired) electrons. The van der Waals surface area contributed by atoms with Crippen LogP contribution in [0.3, 0.4) is 0 Å². The molecule has 0 saturated carbocycles. The molecule has 0 aromatic heterocycles. The molecule has 1 amide bonds. The van der Waals surface area contributed by atoms with E-state index in [0.717, 1.165) is 18.4 Å². The topological polar surface area (TPSA) is 50.8 Å². The highest BCUT2D eigenvalue weighted by atomic mass is 32.5. The molecular weight excluding hydrogens is 382 g/mol. The van der Waals surface area contributed by atoms with Crippen LogP contribution in [0.25, 0.3) is 0 Å². The number of nitrogens with zero attached hydrogens (tertiary/aromatic N) is 1. The van der Waals surface area contributed by atoms with Gasteiger partial charge < -0.3 is 14.4 Å². The van der Waals surface area contributed by atoms with Crippen LogP contribution < -0.4 is 5.32 Å². The van der Waals surface area contributed by atoms with E-state index in [4.69, 9.17) is 20.9 Å². The molecule has 0 bridgehead atoms. The Kier molecular flexibility index (Phi) is 7.86. The van der Waals surface area contributed by atoms with Crippen LogP contribution in [0, 0.1) is 5.41 Å². The average molecular weight is 406 g/mol. The third-order valence-corrected chi connectivity index (χ3v) is 9.25. The molecule has 5 nitrogen and oxygen atoms in total. The molecule has 2 rings (SSSR count). The van der Waals surface area contributed by atoms with Crippen LogP contribution in [-0.2, 0) is 27.4 Å². The number of carbonyl (C=O) groups is 1. The highest BCUT2D eigenvalue weighted by Gasteiger charge is 2.41. The van der Waals surface area contributed by atoms with Crippen LogP contribution in [-0.4, -0.2) is 29.3 Å². The van der Waals surface area contributed by atoms with Crippen molar-refractivity contribution in [1.29, 1.82) is 0 Å². The molecule has 25 heavy (non-hydrogen) atoms. The van der Waals surface area contributed by atoms with Crippen LogP contribution in [0.4, 0.5) is 9.18 Å². The highest BCUT2D eigenvalue weighted by Crippen LogP contribution is 2.61. The summed E-state index contributed by atoms with van der Waals surface area (Å²) in [7, 11) is 0. The second-order valence-corrected chi connectivity index (χ2v) is 10.5. The Morgan fingerprint density at radius 2 is 1.92 bits per heavy atom. The number of rotatable bonds is 8. The van der Waals surface area contributed by atoms with Crippen LogP contribution in [0.5, 0.6) is 0 Å². The van der Waals surface area contributed by atoms with Gasteiger partial charge in [0.25, 0.3) is 6.64 Å². The van der Waals surface area contributed by atoms with Gasteiger partial charge in [-0.05, 0) is 42.2 Å². The standard InChI is InChI=1S/C16H24FN2O3PS2/c1-3-16(4-2)11-21-23(24,22-12-16)19(25-13-18-15(17)20)10-14-8-6-5-7-9-14/h5-9H,3-4,10-13H2,1-2H3,(H,18,20). The monoisotopic (exact) mass is 406 g/mol. The van der Waals surface area contributed by atoms with Gasteiger partial charge >= 0.3 is 6.16 Å². The minimum absolute atomic E-state index is 0.00144. The molecule has 0 unspecified atom stereocenters. The van der Waals surface area contributed by atoms with Gasteiger partial charge in [0.2, 0.25) is 0 Å². The van der Waals surface area contributed by atoms with Crippen molar-refractivity contribution in [2.24, 2.45) is 5.41 Å². The summed E-state index contributed by atoms with van der Waals surface area (Å²) in [6.45, 7) is 3.15. The number of halogens is 1. The van der Waals surface area contributed by atoms with Gasteiger partial charge in [-0.2, -0.15) is 4.08 Å². The second-order valence-electron chi connectivity index (χ2n) is 5.94. The van der Waals surface area contributed by atoms with Crippen molar-refractivity contribution in [3.8, 4) is 0 Å². The minimum atomic E-state index is -2.70. The van der Waals surface area contributed by atoms with E-state index in [-0.39, 0.29) is 11.3 Å². The van der Waals surface area contributed by atoms with Gasteiger partial charge in [-0.15, -0.1) is 4.39 Å². The fourth-order valence-electron chi connectivity index (χ4n) is 2.41. The van der Waals surface area contributed by atoms with Gasteiger partial charge in [-0.1, -0.05) is 44.2 Å². The summed E-state index contributed by atoms with van der Waals surface area (Å²) in [5.41, 5.74) is 1.04. The van der Waals surface area contributed by atoms with E-state index in [1.807, 2.05) is 34.4 Å². The van der Waals surface area contributed by atoms with Gasteiger partial charge in [-0.3, -0.25) is 0 Å². The molecule has 1 saturated heterocycles. The predicted octanol–water partition coefficient (Wildman–Crippen LogP) is 4.85. The van der Waals surface area contributed by atoms with Crippen molar-refractivity contribution in [2.75, 3.05) is 19.1 Å². The van der Waals surface area contributed by atoms with Crippen molar-refractivity contribution in [2.45, 2.75) is 33.2 Å². The first kappa shape index (κ1) is 20.8. The Labute approximate surface area is 158 Å². The third-order valence-electron chi connectivity index (χ3n) is 4.43. The van der Waals surface area contributed by atoms with E-state index in [2.05, 4.69) is 19.2 Å². The summed E-state index contributed by atoms with van der Waals surface area (Å²) in [6, 6.07) is 9.78. The van der Waals surface area contributed by atoms with E-state index >= 15 is 0 Å². The number of amides is 1. The number of benzene rings is 1.